The molecule has 0 bridgehead atoms. The molecule has 0 unspecified atom stereocenters. The highest BCUT2D eigenvalue weighted by molar-refractivity contribution is 6.32. The molecule has 0 fully saturated rings. The maximum Gasteiger partial charge on any atom is 0.137 e. The van der Waals surface area contributed by atoms with Gasteiger partial charge in [0.25, 0.3) is 0 Å². The second-order valence-electron chi connectivity index (χ2n) is 3.94. The third kappa shape index (κ3) is 2.90. The second kappa shape index (κ2) is 5.69. The van der Waals surface area contributed by atoms with Crippen molar-refractivity contribution in [3.05, 3.63) is 58.6 Å². The summed E-state index contributed by atoms with van der Waals surface area (Å²) < 4.78 is 5.11. The molecule has 18 heavy (non-hydrogen) atoms. The predicted molar refractivity (Wildman–Crippen MR) is 76.4 cm³/mol. The van der Waals surface area contributed by atoms with Crippen molar-refractivity contribution in [3.63, 3.8) is 0 Å². The number of halogens is 1. The van der Waals surface area contributed by atoms with E-state index in [1.807, 2.05) is 49.4 Å². The molecule has 2 aromatic carbocycles. The molecule has 0 aliphatic carbocycles. The number of methoxy groups -OCH3 is 1. The third-order valence-corrected chi connectivity index (χ3v) is 2.94. The van der Waals surface area contributed by atoms with E-state index in [-0.39, 0.29) is 0 Å². The van der Waals surface area contributed by atoms with E-state index >= 15 is 0 Å². The second-order valence-corrected chi connectivity index (χ2v) is 4.35. The Morgan fingerprint density at radius 2 is 1.94 bits per heavy atom. The van der Waals surface area contributed by atoms with Gasteiger partial charge in [0.15, 0.2) is 0 Å². The SMILES string of the molecule is COc1ccc(C=Nc2ccccc2C)cc1Cl. The summed E-state index contributed by atoms with van der Waals surface area (Å²) in [5.41, 5.74) is 3.06. The van der Waals surface area contributed by atoms with E-state index in [0.29, 0.717) is 10.8 Å². The molecule has 0 amide bonds. The average Bonchev–Trinajstić information content (AvgIpc) is 2.38. The number of benzene rings is 2. The van der Waals surface area contributed by atoms with Gasteiger partial charge in [-0.2, -0.15) is 0 Å². The molecule has 2 nitrogen and oxygen atoms in total. The van der Waals surface area contributed by atoms with Crippen LogP contribution in [0.1, 0.15) is 11.1 Å². The summed E-state index contributed by atoms with van der Waals surface area (Å²) >= 11 is 6.06. The number of hydrogen-bond donors (Lipinski definition) is 0. The lowest BCUT2D eigenvalue weighted by atomic mass is 10.2. The highest BCUT2D eigenvalue weighted by atomic mass is 35.5. The standard InChI is InChI=1S/C15H14ClNO/c1-11-5-3-4-6-14(11)17-10-12-7-8-15(18-2)13(16)9-12/h3-10H,1-2H3. The van der Waals surface area contributed by atoms with Crippen LogP contribution in [-0.4, -0.2) is 13.3 Å². The molecule has 2 aromatic rings. The number of aliphatic imine (C=N–C) groups is 1. The van der Waals surface area contributed by atoms with Gasteiger partial charge in [0, 0.05) is 6.21 Å². The van der Waals surface area contributed by atoms with Crippen molar-refractivity contribution < 1.29 is 4.74 Å². The zero-order chi connectivity index (χ0) is 13.0. The summed E-state index contributed by atoms with van der Waals surface area (Å²) in [5, 5.41) is 0.589. The topological polar surface area (TPSA) is 21.6 Å². The molecule has 0 spiro atoms. The zero-order valence-electron chi connectivity index (χ0n) is 10.4. The van der Waals surface area contributed by atoms with E-state index in [1.165, 1.54) is 0 Å². The number of hydrogen-bond acceptors (Lipinski definition) is 2. The molecule has 0 radical (unpaired) electrons. The quantitative estimate of drug-likeness (QED) is 0.749. The molecule has 0 N–H and O–H groups in total. The maximum atomic E-state index is 6.06. The molecule has 3 heteroatoms. The van der Waals surface area contributed by atoms with Crippen molar-refractivity contribution in [2.75, 3.05) is 7.11 Å². The van der Waals surface area contributed by atoms with E-state index in [9.17, 15) is 0 Å². The van der Waals surface area contributed by atoms with Gasteiger partial charge in [0.05, 0.1) is 17.8 Å². The summed E-state index contributed by atoms with van der Waals surface area (Å²) in [7, 11) is 1.60. The van der Waals surface area contributed by atoms with Gasteiger partial charge in [0.2, 0.25) is 0 Å². The van der Waals surface area contributed by atoms with Crippen LogP contribution in [0.15, 0.2) is 47.5 Å². The van der Waals surface area contributed by atoms with Gasteiger partial charge in [-0.3, -0.25) is 4.99 Å². The van der Waals surface area contributed by atoms with Crippen molar-refractivity contribution in [2.45, 2.75) is 6.92 Å². The van der Waals surface area contributed by atoms with Crippen LogP contribution in [0.4, 0.5) is 5.69 Å². The molecule has 0 atom stereocenters. The maximum absolute atomic E-state index is 6.06. The molecular weight excluding hydrogens is 246 g/mol. The third-order valence-electron chi connectivity index (χ3n) is 2.64. The zero-order valence-corrected chi connectivity index (χ0v) is 11.1. The molecule has 0 aromatic heterocycles. The van der Waals surface area contributed by atoms with Gasteiger partial charge in [0.1, 0.15) is 5.75 Å². The summed E-state index contributed by atoms with van der Waals surface area (Å²) in [6.07, 6.45) is 1.80. The number of para-hydroxylation sites is 1. The lowest BCUT2D eigenvalue weighted by Gasteiger charge is -2.03. The molecule has 0 saturated carbocycles. The minimum Gasteiger partial charge on any atom is -0.495 e. The molecule has 0 aliphatic rings. The molecule has 0 aliphatic heterocycles. The van der Waals surface area contributed by atoms with Crippen molar-refractivity contribution in [2.24, 2.45) is 4.99 Å². The van der Waals surface area contributed by atoms with Crippen LogP contribution in [0.3, 0.4) is 0 Å². The van der Waals surface area contributed by atoms with Gasteiger partial charge in [-0.15, -0.1) is 0 Å². The smallest absolute Gasteiger partial charge is 0.137 e. The van der Waals surface area contributed by atoms with Gasteiger partial charge in [-0.1, -0.05) is 29.8 Å². The number of ether oxygens (including phenoxy) is 1. The normalized spacial score (nSPS) is 10.8. The number of rotatable bonds is 3. The minimum atomic E-state index is 0.589. The van der Waals surface area contributed by atoms with Crippen molar-refractivity contribution in [1.82, 2.24) is 0 Å². The Balaban J connectivity index is 2.24. The van der Waals surface area contributed by atoms with Crippen LogP contribution >= 0.6 is 11.6 Å². The number of aryl methyl sites for hydroxylation is 1. The average molecular weight is 260 g/mol. The molecule has 0 saturated heterocycles. The Morgan fingerprint density at radius 3 is 2.61 bits per heavy atom. The summed E-state index contributed by atoms with van der Waals surface area (Å²) in [5.74, 6) is 0.671. The summed E-state index contributed by atoms with van der Waals surface area (Å²) in [6, 6.07) is 13.6. The Morgan fingerprint density at radius 1 is 1.17 bits per heavy atom. The largest absolute Gasteiger partial charge is 0.495 e. The van der Waals surface area contributed by atoms with Crippen LogP contribution in [0.2, 0.25) is 5.02 Å². The van der Waals surface area contributed by atoms with Crippen LogP contribution in [-0.2, 0) is 0 Å². The predicted octanol–water partition coefficient (Wildman–Crippen LogP) is 4.41. The van der Waals surface area contributed by atoms with E-state index in [2.05, 4.69) is 4.99 Å². The first kappa shape index (κ1) is 12.7. The molecule has 0 heterocycles. The summed E-state index contributed by atoms with van der Waals surface area (Å²) in [4.78, 5) is 4.45. The van der Waals surface area contributed by atoms with E-state index < -0.39 is 0 Å². The van der Waals surface area contributed by atoms with Gasteiger partial charge in [-0.05, 0) is 42.3 Å². The van der Waals surface area contributed by atoms with E-state index in [0.717, 1.165) is 16.8 Å². The lowest BCUT2D eigenvalue weighted by molar-refractivity contribution is 0.415. The fourth-order valence-corrected chi connectivity index (χ4v) is 1.88. The van der Waals surface area contributed by atoms with Crippen LogP contribution < -0.4 is 4.74 Å². The lowest BCUT2D eigenvalue weighted by Crippen LogP contribution is -1.86. The van der Waals surface area contributed by atoms with Gasteiger partial charge in [-0.25, -0.2) is 0 Å². The van der Waals surface area contributed by atoms with Crippen LogP contribution in [0.25, 0.3) is 0 Å². The number of nitrogens with zero attached hydrogens (tertiary/aromatic N) is 1. The Kier molecular flexibility index (Phi) is 4.00. The highest BCUT2D eigenvalue weighted by Crippen LogP contribution is 2.24. The first-order valence-electron chi connectivity index (χ1n) is 5.64. The van der Waals surface area contributed by atoms with Crippen molar-refractivity contribution in [1.29, 1.82) is 0 Å². The molecule has 2 rings (SSSR count). The Bertz CT molecular complexity index is 578. The minimum absolute atomic E-state index is 0.589. The van der Waals surface area contributed by atoms with E-state index in [1.54, 1.807) is 13.3 Å². The first-order valence-corrected chi connectivity index (χ1v) is 6.02. The Labute approximate surface area is 112 Å². The monoisotopic (exact) mass is 259 g/mol. The fourth-order valence-electron chi connectivity index (χ4n) is 1.62. The van der Waals surface area contributed by atoms with E-state index in [4.69, 9.17) is 16.3 Å². The van der Waals surface area contributed by atoms with Crippen LogP contribution in [0, 0.1) is 6.92 Å². The van der Waals surface area contributed by atoms with Crippen molar-refractivity contribution >= 4 is 23.5 Å². The molecular formula is C15H14ClNO. The first-order chi connectivity index (χ1) is 8.70. The van der Waals surface area contributed by atoms with Gasteiger partial charge < -0.3 is 4.74 Å². The van der Waals surface area contributed by atoms with Gasteiger partial charge >= 0.3 is 0 Å². The summed E-state index contributed by atoms with van der Waals surface area (Å²) in [6.45, 7) is 2.04. The van der Waals surface area contributed by atoms with Crippen LogP contribution in [0.5, 0.6) is 5.75 Å². The Hall–Kier alpha value is -1.80. The molecule has 92 valence electrons. The highest BCUT2D eigenvalue weighted by Gasteiger charge is 2.00. The van der Waals surface area contributed by atoms with Crippen molar-refractivity contribution in [3.8, 4) is 5.75 Å². The fraction of sp³-hybridized carbons (Fsp3) is 0.133.